The zero-order valence-electron chi connectivity index (χ0n) is 13.6. The van der Waals surface area contributed by atoms with Gasteiger partial charge in [0.2, 0.25) is 0 Å². The molecule has 0 aliphatic heterocycles. The number of amides is 1. The van der Waals surface area contributed by atoms with Crippen LogP contribution in [0.1, 0.15) is 22.0 Å². The maximum atomic E-state index is 12.4. The maximum Gasteiger partial charge on any atom is 0.255 e. The van der Waals surface area contributed by atoms with E-state index in [1.165, 1.54) is 0 Å². The topological polar surface area (TPSA) is 73.6 Å². The Labute approximate surface area is 148 Å². The van der Waals surface area contributed by atoms with E-state index in [9.17, 15) is 4.79 Å². The van der Waals surface area contributed by atoms with Gasteiger partial charge in [-0.2, -0.15) is 0 Å². The molecule has 0 bridgehead atoms. The van der Waals surface area contributed by atoms with Crippen molar-refractivity contribution < 1.29 is 14.3 Å². The largest absolute Gasteiger partial charge is 0.490 e. The van der Waals surface area contributed by atoms with Gasteiger partial charge in [-0.1, -0.05) is 42.5 Å². The summed E-state index contributed by atoms with van der Waals surface area (Å²) in [6, 6.07) is 16.5. The van der Waals surface area contributed by atoms with E-state index in [0.717, 1.165) is 5.56 Å². The zero-order chi connectivity index (χ0) is 16.5. The molecule has 2 rings (SSSR count). The molecule has 0 aliphatic carbocycles. The maximum absolute atomic E-state index is 12.4. The molecule has 24 heavy (non-hydrogen) atoms. The van der Waals surface area contributed by atoms with Crippen LogP contribution < -0.4 is 15.8 Å². The van der Waals surface area contributed by atoms with E-state index in [4.69, 9.17) is 15.2 Å². The molecule has 0 spiro atoms. The summed E-state index contributed by atoms with van der Waals surface area (Å²) in [7, 11) is 1.60. The average Bonchev–Trinajstić information content (AvgIpc) is 2.61. The molecule has 5 nitrogen and oxygen atoms in total. The van der Waals surface area contributed by atoms with Gasteiger partial charge in [-0.25, -0.2) is 0 Å². The first-order valence-corrected chi connectivity index (χ1v) is 7.52. The van der Waals surface area contributed by atoms with E-state index in [-0.39, 0.29) is 24.4 Å². The first-order valence-electron chi connectivity index (χ1n) is 7.52. The Kier molecular flexibility index (Phi) is 8.86. The second-order valence-corrected chi connectivity index (χ2v) is 5.06. The minimum atomic E-state index is -0.248. The number of methoxy groups -OCH3 is 1. The van der Waals surface area contributed by atoms with Crippen molar-refractivity contribution in [3.8, 4) is 5.75 Å². The number of carbonyl (C=O) groups is 1. The van der Waals surface area contributed by atoms with Gasteiger partial charge in [0.05, 0.1) is 12.2 Å². The van der Waals surface area contributed by atoms with Crippen molar-refractivity contribution in [1.82, 2.24) is 5.32 Å². The van der Waals surface area contributed by atoms with Gasteiger partial charge < -0.3 is 20.5 Å². The van der Waals surface area contributed by atoms with E-state index in [2.05, 4.69) is 5.32 Å². The van der Waals surface area contributed by atoms with Crippen LogP contribution in [0.5, 0.6) is 5.75 Å². The molecule has 6 heteroatoms. The lowest BCUT2D eigenvalue weighted by atomic mass is 10.1. The number of benzene rings is 2. The molecule has 0 heterocycles. The van der Waals surface area contributed by atoms with E-state index < -0.39 is 0 Å². The number of rotatable bonds is 8. The van der Waals surface area contributed by atoms with Crippen molar-refractivity contribution in [1.29, 1.82) is 0 Å². The standard InChI is InChI=1S/C18H22N2O3.ClH/c1-22-11-12-23-17-10-6-5-9-15(17)18(21)20-13-16(19)14-7-3-2-4-8-14;/h2-10,16H,11-13,19H2,1H3,(H,20,21);1H. The SMILES string of the molecule is COCCOc1ccccc1C(=O)NCC(N)c1ccccc1.Cl. The van der Waals surface area contributed by atoms with Gasteiger partial charge in [-0.15, -0.1) is 12.4 Å². The van der Waals surface area contributed by atoms with E-state index in [1.54, 1.807) is 25.3 Å². The van der Waals surface area contributed by atoms with Crippen LogP contribution in [0, 0.1) is 0 Å². The summed E-state index contributed by atoms with van der Waals surface area (Å²) in [6.45, 7) is 1.22. The van der Waals surface area contributed by atoms with Crippen LogP contribution in [0.3, 0.4) is 0 Å². The molecule has 0 radical (unpaired) electrons. The summed E-state index contributed by atoms with van der Waals surface area (Å²) in [5.74, 6) is 0.333. The fraction of sp³-hybridized carbons (Fsp3) is 0.278. The Morgan fingerprint density at radius 3 is 2.46 bits per heavy atom. The Morgan fingerprint density at radius 2 is 1.75 bits per heavy atom. The highest BCUT2D eigenvalue weighted by molar-refractivity contribution is 5.96. The number of nitrogens with two attached hydrogens (primary N) is 1. The highest BCUT2D eigenvalue weighted by Gasteiger charge is 2.13. The third kappa shape index (κ3) is 5.85. The number of halogens is 1. The lowest BCUT2D eigenvalue weighted by Crippen LogP contribution is -2.32. The monoisotopic (exact) mass is 350 g/mol. The molecule has 1 atom stereocenters. The van der Waals surface area contributed by atoms with Crippen LogP contribution in [0.2, 0.25) is 0 Å². The number of hydrogen-bond acceptors (Lipinski definition) is 4. The summed E-state index contributed by atoms with van der Waals surface area (Å²) in [5, 5.41) is 2.85. The number of nitrogens with one attached hydrogen (secondary N) is 1. The number of carbonyl (C=O) groups excluding carboxylic acids is 1. The lowest BCUT2D eigenvalue weighted by molar-refractivity contribution is 0.0943. The summed E-state index contributed by atoms with van der Waals surface area (Å²) in [4.78, 5) is 12.4. The molecular weight excluding hydrogens is 328 g/mol. The second-order valence-electron chi connectivity index (χ2n) is 5.06. The quantitative estimate of drug-likeness (QED) is 0.718. The van der Waals surface area contributed by atoms with Gasteiger partial charge in [-0.05, 0) is 17.7 Å². The van der Waals surface area contributed by atoms with Crippen LogP contribution in [-0.2, 0) is 4.74 Å². The molecule has 0 aromatic heterocycles. The molecule has 3 N–H and O–H groups in total. The molecule has 0 saturated heterocycles. The summed E-state index contributed by atoms with van der Waals surface area (Å²) >= 11 is 0. The number of para-hydroxylation sites is 1. The zero-order valence-corrected chi connectivity index (χ0v) is 14.4. The molecule has 0 fully saturated rings. The Bertz CT molecular complexity index is 623. The minimum absolute atomic E-state index is 0. The summed E-state index contributed by atoms with van der Waals surface area (Å²) in [6.07, 6.45) is 0. The average molecular weight is 351 g/mol. The van der Waals surface area contributed by atoms with Crippen LogP contribution in [0.15, 0.2) is 54.6 Å². The Hall–Kier alpha value is -2.08. The number of ether oxygens (including phenoxy) is 2. The van der Waals surface area contributed by atoms with E-state index in [1.807, 2.05) is 36.4 Å². The van der Waals surface area contributed by atoms with Gasteiger partial charge in [0, 0.05) is 19.7 Å². The van der Waals surface area contributed by atoms with E-state index >= 15 is 0 Å². The van der Waals surface area contributed by atoms with Crippen LogP contribution in [-0.4, -0.2) is 32.8 Å². The molecular formula is C18H23ClN2O3. The normalized spacial score (nSPS) is 11.2. The van der Waals surface area contributed by atoms with Gasteiger partial charge in [0.25, 0.3) is 5.91 Å². The van der Waals surface area contributed by atoms with Crippen LogP contribution >= 0.6 is 12.4 Å². The van der Waals surface area contributed by atoms with Crippen molar-refractivity contribution in [2.75, 3.05) is 26.9 Å². The van der Waals surface area contributed by atoms with Crippen molar-refractivity contribution in [3.05, 3.63) is 65.7 Å². The fourth-order valence-corrected chi connectivity index (χ4v) is 2.13. The molecule has 130 valence electrons. The molecule has 2 aromatic rings. The lowest BCUT2D eigenvalue weighted by Gasteiger charge is -2.15. The first-order chi connectivity index (χ1) is 11.2. The highest BCUT2D eigenvalue weighted by Crippen LogP contribution is 2.18. The van der Waals surface area contributed by atoms with Crippen molar-refractivity contribution in [2.24, 2.45) is 5.73 Å². The third-order valence-corrected chi connectivity index (χ3v) is 3.39. The van der Waals surface area contributed by atoms with Crippen LogP contribution in [0.4, 0.5) is 0 Å². The molecule has 2 aromatic carbocycles. The molecule has 1 unspecified atom stereocenters. The number of hydrogen-bond donors (Lipinski definition) is 2. The highest BCUT2D eigenvalue weighted by atomic mass is 35.5. The van der Waals surface area contributed by atoms with Crippen molar-refractivity contribution in [2.45, 2.75) is 6.04 Å². The molecule has 1 amide bonds. The minimum Gasteiger partial charge on any atom is -0.490 e. The summed E-state index contributed by atoms with van der Waals surface area (Å²) in [5.41, 5.74) is 7.57. The molecule has 0 aliphatic rings. The third-order valence-electron chi connectivity index (χ3n) is 3.39. The first kappa shape index (κ1) is 20.0. The fourth-order valence-electron chi connectivity index (χ4n) is 2.13. The van der Waals surface area contributed by atoms with Gasteiger partial charge in [-0.3, -0.25) is 4.79 Å². The van der Waals surface area contributed by atoms with Crippen molar-refractivity contribution >= 4 is 18.3 Å². The summed E-state index contributed by atoms with van der Waals surface area (Å²) < 4.78 is 10.5. The van der Waals surface area contributed by atoms with Gasteiger partial charge in [0.1, 0.15) is 12.4 Å². The predicted octanol–water partition coefficient (Wildman–Crippen LogP) is 2.56. The predicted molar refractivity (Wildman–Crippen MR) is 96.8 cm³/mol. The molecule has 0 saturated carbocycles. The Balaban J connectivity index is 0.00000288. The van der Waals surface area contributed by atoms with Gasteiger partial charge >= 0.3 is 0 Å². The Morgan fingerprint density at radius 1 is 1.08 bits per heavy atom. The van der Waals surface area contributed by atoms with E-state index in [0.29, 0.717) is 31.1 Å². The second kappa shape index (κ2) is 10.6. The van der Waals surface area contributed by atoms with Gasteiger partial charge in [0.15, 0.2) is 0 Å². The van der Waals surface area contributed by atoms with Crippen molar-refractivity contribution in [3.63, 3.8) is 0 Å². The van der Waals surface area contributed by atoms with Crippen LogP contribution in [0.25, 0.3) is 0 Å². The smallest absolute Gasteiger partial charge is 0.255 e.